The Morgan fingerprint density at radius 3 is 2.70 bits per heavy atom. The minimum Gasteiger partial charge on any atom is -0.495 e. The second-order valence-electron chi connectivity index (χ2n) is 10.8. The van der Waals surface area contributed by atoms with Gasteiger partial charge in [-0.05, 0) is 51.3 Å². The number of anilines is 4. The smallest absolute Gasteiger partial charge is 0.251 e. The first-order chi connectivity index (χ1) is 17.8. The number of nitrogens with one attached hydrogen (secondary N) is 2. The van der Waals surface area contributed by atoms with Crippen LogP contribution in [0.15, 0.2) is 24.4 Å². The number of aromatic nitrogens is 2. The molecule has 1 aromatic carbocycles. The Hall–Kier alpha value is -3.40. The average molecular weight is 509 g/mol. The Labute approximate surface area is 217 Å². The molecule has 1 atom stereocenters. The molecule has 0 radical (unpaired) electrons. The van der Waals surface area contributed by atoms with Gasteiger partial charge >= 0.3 is 0 Å². The van der Waals surface area contributed by atoms with Crippen molar-refractivity contribution in [3.05, 3.63) is 30.0 Å². The van der Waals surface area contributed by atoms with Crippen molar-refractivity contribution in [1.29, 1.82) is 0 Å². The first-order valence-corrected chi connectivity index (χ1v) is 13.0. The summed E-state index contributed by atoms with van der Waals surface area (Å²) in [5, 5.41) is 6.26. The number of carbonyl (C=O) groups is 2. The maximum absolute atomic E-state index is 13.2. The molecular formula is C27H36N6O4. The second-order valence-corrected chi connectivity index (χ2v) is 10.8. The summed E-state index contributed by atoms with van der Waals surface area (Å²) in [5.41, 5.74) is 1.32. The van der Waals surface area contributed by atoms with Crippen LogP contribution in [0.3, 0.4) is 0 Å². The number of nitrogens with zero attached hydrogens (tertiary/aromatic N) is 4. The van der Waals surface area contributed by atoms with Crippen molar-refractivity contribution in [2.75, 3.05) is 49.0 Å². The predicted octanol–water partition coefficient (Wildman–Crippen LogP) is 3.50. The van der Waals surface area contributed by atoms with Crippen molar-refractivity contribution in [1.82, 2.24) is 15.3 Å². The Morgan fingerprint density at radius 1 is 1.22 bits per heavy atom. The SMILES string of the molecule is COc1cc(C(=O)N[C@H]2CCOC2)ccc1Nc1ncc2c(n1)N(C1CCCC1)CC(C)(C)C(=O)N2C. The molecular weight excluding hydrogens is 472 g/mol. The number of methoxy groups -OCH3 is 1. The lowest BCUT2D eigenvalue weighted by Gasteiger charge is -2.34. The normalized spacial score (nSPS) is 21.5. The van der Waals surface area contributed by atoms with Gasteiger partial charge < -0.3 is 29.9 Å². The fourth-order valence-corrected chi connectivity index (χ4v) is 5.50. The quantitative estimate of drug-likeness (QED) is 0.610. The van der Waals surface area contributed by atoms with Gasteiger partial charge in [0.05, 0.1) is 37.1 Å². The summed E-state index contributed by atoms with van der Waals surface area (Å²) in [6.45, 7) is 5.79. The van der Waals surface area contributed by atoms with Crippen molar-refractivity contribution in [2.24, 2.45) is 5.41 Å². The van der Waals surface area contributed by atoms with Crippen LogP contribution in [0.1, 0.15) is 56.3 Å². The number of ether oxygens (including phenoxy) is 2. The number of hydrogen-bond acceptors (Lipinski definition) is 8. The van der Waals surface area contributed by atoms with Crippen LogP contribution >= 0.6 is 0 Å². The highest BCUT2D eigenvalue weighted by atomic mass is 16.5. The van der Waals surface area contributed by atoms with E-state index in [9.17, 15) is 9.59 Å². The molecule has 0 unspecified atom stereocenters. The van der Waals surface area contributed by atoms with Crippen LogP contribution in [0.25, 0.3) is 0 Å². The van der Waals surface area contributed by atoms with Gasteiger partial charge in [0.15, 0.2) is 5.82 Å². The summed E-state index contributed by atoms with van der Waals surface area (Å²) < 4.78 is 10.9. The number of rotatable bonds is 6. The van der Waals surface area contributed by atoms with Crippen LogP contribution in [0.4, 0.5) is 23.1 Å². The lowest BCUT2D eigenvalue weighted by Crippen LogP contribution is -2.45. The topological polar surface area (TPSA) is 109 Å². The van der Waals surface area contributed by atoms with E-state index in [1.54, 1.807) is 43.5 Å². The van der Waals surface area contributed by atoms with Crippen LogP contribution in [-0.2, 0) is 9.53 Å². The summed E-state index contributed by atoms with van der Waals surface area (Å²) in [6, 6.07) is 5.62. The van der Waals surface area contributed by atoms with E-state index in [1.165, 1.54) is 12.8 Å². The molecule has 37 heavy (non-hydrogen) atoms. The summed E-state index contributed by atoms with van der Waals surface area (Å²) in [7, 11) is 3.36. The summed E-state index contributed by atoms with van der Waals surface area (Å²) >= 11 is 0. The zero-order chi connectivity index (χ0) is 26.2. The van der Waals surface area contributed by atoms with E-state index in [4.69, 9.17) is 14.5 Å². The summed E-state index contributed by atoms with van der Waals surface area (Å²) in [5.74, 6) is 1.57. The molecule has 10 heteroatoms. The Balaban J connectivity index is 1.43. The van der Waals surface area contributed by atoms with Gasteiger partial charge in [0.2, 0.25) is 11.9 Å². The van der Waals surface area contributed by atoms with Crippen molar-refractivity contribution in [3.8, 4) is 5.75 Å². The molecule has 2 N–H and O–H groups in total. The number of amides is 2. The number of benzene rings is 1. The van der Waals surface area contributed by atoms with Crippen LogP contribution in [0.2, 0.25) is 0 Å². The molecule has 2 aromatic rings. The fraction of sp³-hybridized carbons (Fsp3) is 0.556. The van der Waals surface area contributed by atoms with E-state index in [0.717, 1.165) is 25.1 Å². The van der Waals surface area contributed by atoms with Gasteiger partial charge in [-0.15, -0.1) is 0 Å². The third kappa shape index (κ3) is 5.07. The number of carbonyl (C=O) groups excluding carboxylic acids is 2. The van der Waals surface area contributed by atoms with Crippen LogP contribution < -0.4 is 25.2 Å². The minimum absolute atomic E-state index is 0.0297. The molecule has 0 spiro atoms. The molecule has 0 bridgehead atoms. The third-order valence-corrected chi connectivity index (χ3v) is 7.57. The summed E-state index contributed by atoms with van der Waals surface area (Å²) in [6.07, 6.45) is 7.07. The molecule has 5 rings (SSSR count). The zero-order valence-electron chi connectivity index (χ0n) is 22.0. The largest absolute Gasteiger partial charge is 0.495 e. The molecule has 3 heterocycles. The Kier molecular flexibility index (Phi) is 6.94. The van der Waals surface area contributed by atoms with E-state index < -0.39 is 5.41 Å². The number of fused-ring (bicyclic) bond motifs is 1. The average Bonchev–Trinajstić information content (AvgIpc) is 3.60. The lowest BCUT2D eigenvalue weighted by atomic mass is 9.91. The van der Waals surface area contributed by atoms with Crippen LogP contribution in [0, 0.1) is 5.41 Å². The van der Waals surface area contributed by atoms with Crippen molar-refractivity contribution < 1.29 is 19.1 Å². The molecule has 198 valence electrons. The standard InChI is InChI=1S/C27H36N6O4/c1-27(2)16-33(19-7-5-6-8-19)23-21(32(3)25(27)35)14-28-26(31-23)30-20-10-9-17(13-22(20)36-4)24(34)29-18-11-12-37-15-18/h9-10,13-14,18-19H,5-8,11-12,15-16H2,1-4H3,(H,29,34)(H,28,30,31)/t18-/m0/s1. The van der Waals surface area contributed by atoms with E-state index in [2.05, 4.69) is 20.5 Å². The fourth-order valence-electron chi connectivity index (χ4n) is 5.50. The van der Waals surface area contributed by atoms with Gasteiger partial charge in [-0.3, -0.25) is 9.59 Å². The van der Waals surface area contributed by atoms with Crippen LogP contribution in [0.5, 0.6) is 5.75 Å². The molecule has 1 aliphatic carbocycles. The van der Waals surface area contributed by atoms with E-state index >= 15 is 0 Å². The number of hydrogen-bond donors (Lipinski definition) is 2. The monoisotopic (exact) mass is 508 g/mol. The lowest BCUT2D eigenvalue weighted by molar-refractivity contribution is -0.125. The highest BCUT2D eigenvalue weighted by Gasteiger charge is 2.41. The summed E-state index contributed by atoms with van der Waals surface area (Å²) in [4.78, 5) is 39.3. The highest BCUT2D eigenvalue weighted by molar-refractivity contribution is 6.01. The second kappa shape index (κ2) is 10.2. The molecule has 1 saturated heterocycles. The Morgan fingerprint density at radius 2 is 2.00 bits per heavy atom. The van der Waals surface area contributed by atoms with E-state index in [0.29, 0.717) is 54.4 Å². The third-order valence-electron chi connectivity index (χ3n) is 7.57. The predicted molar refractivity (Wildman–Crippen MR) is 142 cm³/mol. The Bertz CT molecular complexity index is 1170. The highest BCUT2D eigenvalue weighted by Crippen LogP contribution is 2.40. The van der Waals surface area contributed by atoms with Gasteiger partial charge in [0.25, 0.3) is 5.91 Å². The molecule has 2 fully saturated rings. The van der Waals surface area contributed by atoms with Crippen LogP contribution in [-0.4, -0.2) is 67.8 Å². The molecule has 1 aromatic heterocycles. The van der Waals surface area contributed by atoms with E-state index in [-0.39, 0.29) is 17.9 Å². The molecule has 10 nitrogen and oxygen atoms in total. The molecule has 3 aliphatic rings. The van der Waals surface area contributed by atoms with Crippen molar-refractivity contribution in [2.45, 2.75) is 58.0 Å². The molecule has 2 aliphatic heterocycles. The van der Waals surface area contributed by atoms with Crippen molar-refractivity contribution in [3.63, 3.8) is 0 Å². The zero-order valence-corrected chi connectivity index (χ0v) is 22.0. The molecule has 2 amide bonds. The minimum atomic E-state index is -0.546. The maximum Gasteiger partial charge on any atom is 0.251 e. The maximum atomic E-state index is 13.2. The van der Waals surface area contributed by atoms with Gasteiger partial charge in [0.1, 0.15) is 11.4 Å². The van der Waals surface area contributed by atoms with Gasteiger partial charge in [-0.25, -0.2) is 4.98 Å². The van der Waals surface area contributed by atoms with E-state index in [1.807, 2.05) is 13.8 Å². The first kappa shape index (κ1) is 25.3. The van der Waals surface area contributed by atoms with Gasteiger partial charge in [0, 0.05) is 31.8 Å². The first-order valence-electron chi connectivity index (χ1n) is 13.0. The van der Waals surface area contributed by atoms with Gasteiger partial charge in [-0.1, -0.05) is 12.8 Å². The van der Waals surface area contributed by atoms with Crippen molar-refractivity contribution >= 4 is 35.0 Å². The van der Waals surface area contributed by atoms with Gasteiger partial charge in [-0.2, -0.15) is 4.98 Å². The molecule has 1 saturated carbocycles.